The number of hydrogen-bond donors (Lipinski definition) is 1. The van der Waals surface area contributed by atoms with Crippen molar-refractivity contribution >= 4 is 45.3 Å². The first-order valence-corrected chi connectivity index (χ1v) is 10.3. The maximum atomic E-state index is 12.8. The molecule has 0 bridgehead atoms. The molecule has 0 saturated carbocycles. The second-order valence-corrected chi connectivity index (χ2v) is 8.04. The predicted molar refractivity (Wildman–Crippen MR) is 116 cm³/mol. The number of carbonyl (C=O) groups excluding carboxylic acids is 1. The first-order valence-electron chi connectivity index (χ1n) is 9.46. The lowest BCUT2D eigenvalue weighted by Gasteiger charge is -2.13. The number of para-hydroxylation sites is 1. The van der Waals surface area contributed by atoms with Crippen molar-refractivity contribution in [2.45, 2.75) is 17.4 Å². The number of methoxy groups -OCH3 is 1. The fourth-order valence-electron chi connectivity index (χ4n) is 3.21. The van der Waals surface area contributed by atoms with Crippen LogP contribution >= 0.6 is 11.8 Å². The van der Waals surface area contributed by atoms with Gasteiger partial charge in [0.25, 0.3) is 11.1 Å². The highest BCUT2D eigenvalue weighted by atomic mass is 32.2. The van der Waals surface area contributed by atoms with E-state index >= 15 is 0 Å². The van der Waals surface area contributed by atoms with Crippen LogP contribution in [0.3, 0.4) is 0 Å². The molecule has 1 atom stereocenters. The van der Waals surface area contributed by atoms with Crippen LogP contribution in [0.25, 0.3) is 33.6 Å². The van der Waals surface area contributed by atoms with Crippen molar-refractivity contribution in [1.82, 2.24) is 10.2 Å². The van der Waals surface area contributed by atoms with Crippen LogP contribution in [0, 0.1) is 0 Å². The monoisotopic (exact) mass is 435 g/mol. The van der Waals surface area contributed by atoms with Crippen LogP contribution in [0.15, 0.2) is 73.3 Å². The Morgan fingerprint density at radius 2 is 1.94 bits per heavy atom. The zero-order chi connectivity index (χ0) is 21.4. The SMILES string of the molecule is COc1cc2c(cc1NC(=O)C(C)Sc1nnc(-c3ccco3)o1)oc1ccccc12. The third-order valence-corrected chi connectivity index (χ3v) is 5.68. The van der Waals surface area contributed by atoms with Gasteiger partial charge in [0.2, 0.25) is 5.91 Å². The molecule has 9 heteroatoms. The number of fused-ring (bicyclic) bond motifs is 3. The lowest BCUT2D eigenvalue weighted by molar-refractivity contribution is -0.115. The first kappa shape index (κ1) is 19.3. The van der Waals surface area contributed by atoms with Crippen molar-refractivity contribution < 1.29 is 22.8 Å². The molecule has 3 heterocycles. The van der Waals surface area contributed by atoms with Gasteiger partial charge in [0.05, 0.1) is 24.3 Å². The van der Waals surface area contributed by atoms with E-state index in [9.17, 15) is 4.79 Å². The van der Waals surface area contributed by atoms with E-state index in [-0.39, 0.29) is 17.0 Å². The minimum absolute atomic E-state index is 0.239. The molecule has 5 aromatic rings. The Morgan fingerprint density at radius 3 is 2.74 bits per heavy atom. The summed E-state index contributed by atoms with van der Waals surface area (Å²) in [7, 11) is 1.56. The van der Waals surface area contributed by atoms with E-state index in [4.69, 9.17) is 18.0 Å². The number of ether oxygens (including phenoxy) is 1. The second kappa shape index (κ2) is 7.84. The van der Waals surface area contributed by atoms with Crippen molar-refractivity contribution in [3.63, 3.8) is 0 Å². The van der Waals surface area contributed by atoms with E-state index in [1.54, 1.807) is 32.2 Å². The number of hydrogen-bond acceptors (Lipinski definition) is 8. The van der Waals surface area contributed by atoms with Crippen LogP contribution in [0.5, 0.6) is 5.75 Å². The standard InChI is InChI=1S/C22H17N3O5S/c1-12(31-22-25-24-21(30-22)17-8-5-9-28-17)20(26)23-15-11-18-14(10-19(15)27-2)13-6-3-4-7-16(13)29-18/h3-12H,1-2H3,(H,23,26). The van der Waals surface area contributed by atoms with Gasteiger partial charge in [-0.15, -0.1) is 10.2 Å². The molecule has 0 radical (unpaired) electrons. The summed E-state index contributed by atoms with van der Waals surface area (Å²) < 4.78 is 22.2. The second-order valence-electron chi connectivity index (χ2n) is 6.75. The first-order chi connectivity index (χ1) is 15.1. The summed E-state index contributed by atoms with van der Waals surface area (Å²) >= 11 is 1.15. The van der Waals surface area contributed by atoms with E-state index in [1.807, 2.05) is 30.3 Å². The van der Waals surface area contributed by atoms with Gasteiger partial charge >= 0.3 is 0 Å². The van der Waals surface area contributed by atoms with Gasteiger partial charge in [-0.1, -0.05) is 30.0 Å². The van der Waals surface area contributed by atoms with Gasteiger partial charge in [-0.05, 0) is 31.2 Å². The molecular formula is C22H17N3O5S. The number of benzene rings is 2. The van der Waals surface area contributed by atoms with Gasteiger partial charge in [0.15, 0.2) is 5.76 Å². The number of nitrogens with zero attached hydrogens (tertiary/aromatic N) is 2. The number of carbonyl (C=O) groups is 1. The van der Waals surface area contributed by atoms with E-state index in [0.717, 1.165) is 28.1 Å². The number of thioether (sulfide) groups is 1. The normalized spacial score (nSPS) is 12.3. The Labute approximate surface area is 180 Å². The van der Waals surface area contributed by atoms with Gasteiger partial charge in [0.1, 0.15) is 16.9 Å². The maximum Gasteiger partial charge on any atom is 0.284 e. The summed E-state index contributed by atoms with van der Waals surface area (Å²) in [5, 5.41) is 12.5. The molecule has 1 N–H and O–H groups in total. The number of rotatable bonds is 6. The highest BCUT2D eigenvalue weighted by Gasteiger charge is 2.21. The van der Waals surface area contributed by atoms with Crippen LogP contribution < -0.4 is 10.1 Å². The Hall–Kier alpha value is -3.72. The topological polar surface area (TPSA) is 104 Å². The average Bonchev–Trinajstić information content (AvgIpc) is 3.52. The van der Waals surface area contributed by atoms with Gasteiger partial charge in [-0.25, -0.2) is 0 Å². The van der Waals surface area contributed by atoms with Crippen LogP contribution in [0.4, 0.5) is 5.69 Å². The Balaban J connectivity index is 1.36. The number of amides is 1. The molecule has 1 unspecified atom stereocenters. The van der Waals surface area contributed by atoms with Gasteiger partial charge in [-0.3, -0.25) is 4.79 Å². The molecule has 0 aliphatic rings. The fraction of sp³-hybridized carbons (Fsp3) is 0.136. The summed E-state index contributed by atoms with van der Waals surface area (Å²) in [5.74, 6) is 1.04. The summed E-state index contributed by atoms with van der Waals surface area (Å²) in [6.45, 7) is 1.75. The van der Waals surface area contributed by atoms with E-state index in [0.29, 0.717) is 22.8 Å². The number of aromatic nitrogens is 2. The van der Waals surface area contributed by atoms with E-state index < -0.39 is 5.25 Å². The molecule has 0 spiro atoms. The van der Waals surface area contributed by atoms with Crippen molar-refractivity contribution in [3.05, 3.63) is 54.8 Å². The summed E-state index contributed by atoms with van der Waals surface area (Å²) in [5.41, 5.74) is 1.96. The van der Waals surface area contributed by atoms with Crippen molar-refractivity contribution in [2.24, 2.45) is 0 Å². The Bertz CT molecular complexity index is 1370. The van der Waals surface area contributed by atoms with Gasteiger partial charge in [0, 0.05) is 16.8 Å². The van der Waals surface area contributed by atoms with E-state index in [1.165, 1.54) is 6.26 Å². The number of nitrogens with one attached hydrogen (secondary N) is 1. The van der Waals surface area contributed by atoms with Gasteiger partial charge < -0.3 is 23.3 Å². The zero-order valence-electron chi connectivity index (χ0n) is 16.6. The highest BCUT2D eigenvalue weighted by molar-refractivity contribution is 8.00. The summed E-state index contributed by atoms with van der Waals surface area (Å²) in [6.07, 6.45) is 1.52. The summed E-state index contributed by atoms with van der Waals surface area (Å²) in [6, 6.07) is 14.8. The average molecular weight is 435 g/mol. The molecule has 0 aliphatic heterocycles. The molecule has 31 heavy (non-hydrogen) atoms. The molecule has 156 valence electrons. The van der Waals surface area contributed by atoms with Crippen molar-refractivity contribution in [1.29, 1.82) is 0 Å². The molecular weight excluding hydrogens is 418 g/mol. The lowest BCUT2D eigenvalue weighted by Crippen LogP contribution is -2.22. The maximum absolute atomic E-state index is 12.8. The molecule has 3 aromatic heterocycles. The smallest absolute Gasteiger partial charge is 0.284 e. The predicted octanol–water partition coefficient (Wildman–Crippen LogP) is 5.36. The van der Waals surface area contributed by atoms with Crippen molar-refractivity contribution in [2.75, 3.05) is 12.4 Å². The minimum atomic E-state index is -0.499. The number of furan rings is 2. The van der Waals surface area contributed by atoms with Crippen LogP contribution in [0.2, 0.25) is 0 Å². The third-order valence-electron chi connectivity index (χ3n) is 4.74. The minimum Gasteiger partial charge on any atom is -0.495 e. The lowest BCUT2D eigenvalue weighted by atomic mass is 10.1. The van der Waals surface area contributed by atoms with Crippen LogP contribution in [-0.4, -0.2) is 28.5 Å². The zero-order valence-corrected chi connectivity index (χ0v) is 17.4. The third kappa shape index (κ3) is 3.64. The Morgan fingerprint density at radius 1 is 1.06 bits per heavy atom. The number of anilines is 1. The molecule has 0 fully saturated rings. The van der Waals surface area contributed by atoms with Crippen LogP contribution in [0.1, 0.15) is 6.92 Å². The molecule has 1 amide bonds. The molecule has 5 rings (SSSR count). The molecule has 8 nitrogen and oxygen atoms in total. The van der Waals surface area contributed by atoms with Gasteiger partial charge in [-0.2, -0.15) is 0 Å². The fourth-order valence-corrected chi connectivity index (χ4v) is 3.90. The highest BCUT2D eigenvalue weighted by Crippen LogP contribution is 2.37. The molecule has 0 saturated heterocycles. The molecule has 2 aromatic carbocycles. The van der Waals surface area contributed by atoms with E-state index in [2.05, 4.69) is 15.5 Å². The van der Waals surface area contributed by atoms with Crippen LogP contribution in [-0.2, 0) is 4.79 Å². The molecule has 0 aliphatic carbocycles. The Kier molecular flexibility index (Phi) is 4.87. The summed E-state index contributed by atoms with van der Waals surface area (Å²) in [4.78, 5) is 12.8. The van der Waals surface area contributed by atoms with Crippen molar-refractivity contribution in [3.8, 4) is 17.4 Å². The largest absolute Gasteiger partial charge is 0.495 e. The quantitative estimate of drug-likeness (QED) is 0.356.